The molecule has 0 unspecified atom stereocenters. The Bertz CT molecular complexity index is 248. The van der Waals surface area contributed by atoms with Crippen LogP contribution in [-0.4, -0.2) is 28.2 Å². The number of hydrogen-bond donors (Lipinski definition) is 2. The van der Waals surface area contributed by atoms with Crippen molar-refractivity contribution in [1.29, 1.82) is 0 Å². The molecule has 3 heteroatoms. The predicted octanol–water partition coefficient (Wildman–Crippen LogP) is 1.82. The van der Waals surface area contributed by atoms with Gasteiger partial charge >= 0.3 is 0 Å². The van der Waals surface area contributed by atoms with Crippen LogP contribution in [0, 0.1) is 5.92 Å². The quantitative estimate of drug-likeness (QED) is 0.536. The first-order valence-corrected chi connectivity index (χ1v) is 6.19. The molecule has 0 amide bonds. The Balaban J connectivity index is 2.27. The molecular formula is C13H22O3. The molecule has 0 aromatic carbocycles. The van der Waals surface area contributed by atoms with Crippen LogP contribution in [0.1, 0.15) is 45.4 Å². The number of Topliss-reactive ketones (excluding diaryl/α,β-unsaturated/α-hetero) is 1. The van der Waals surface area contributed by atoms with E-state index in [2.05, 4.69) is 6.92 Å². The smallest absolute Gasteiger partial charge is 0.136 e. The van der Waals surface area contributed by atoms with Crippen molar-refractivity contribution in [3.8, 4) is 0 Å². The fraction of sp³-hybridized carbons (Fsp3) is 0.769. The van der Waals surface area contributed by atoms with Gasteiger partial charge in [-0.3, -0.25) is 4.79 Å². The molecule has 3 nitrogen and oxygen atoms in total. The Kier molecular flexibility index (Phi) is 5.71. The molecule has 0 radical (unpaired) electrons. The van der Waals surface area contributed by atoms with Gasteiger partial charge in [0.1, 0.15) is 5.78 Å². The van der Waals surface area contributed by atoms with Gasteiger partial charge in [0.05, 0.1) is 12.2 Å². The average molecular weight is 226 g/mol. The first-order valence-electron chi connectivity index (χ1n) is 6.19. The summed E-state index contributed by atoms with van der Waals surface area (Å²) < 4.78 is 0. The molecule has 0 bridgehead atoms. The molecule has 2 N–H and O–H groups in total. The van der Waals surface area contributed by atoms with Crippen molar-refractivity contribution in [2.45, 2.75) is 57.7 Å². The van der Waals surface area contributed by atoms with Crippen molar-refractivity contribution in [2.24, 2.45) is 5.92 Å². The summed E-state index contributed by atoms with van der Waals surface area (Å²) in [7, 11) is 0. The lowest BCUT2D eigenvalue weighted by molar-refractivity contribution is -0.117. The first-order chi connectivity index (χ1) is 7.63. The monoisotopic (exact) mass is 226 g/mol. The van der Waals surface area contributed by atoms with E-state index >= 15 is 0 Å². The van der Waals surface area contributed by atoms with Gasteiger partial charge in [-0.15, -0.1) is 0 Å². The van der Waals surface area contributed by atoms with E-state index in [4.69, 9.17) is 0 Å². The maximum atomic E-state index is 11.1. The number of carbonyl (C=O) groups excluding carboxylic acids is 1. The van der Waals surface area contributed by atoms with Gasteiger partial charge in [0, 0.05) is 18.8 Å². The zero-order valence-corrected chi connectivity index (χ0v) is 9.93. The van der Waals surface area contributed by atoms with Crippen molar-refractivity contribution in [2.75, 3.05) is 0 Å². The number of ketones is 1. The third kappa shape index (κ3) is 4.45. The summed E-state index contributed by atoms with van der Waals surface area (Å²) in [6.45, 7) is 2.13. The van der Waals surface area contributed by atoms with Gasteiger partial charge in [-0.25, -0.2) is 0 Å². The van der Waals surface area contributed by atoms with Gasteiger partial charge in [0.25, 0.3) is 0 Å². The third-order valence-electron chi connectivity index (χ3n) is 3.08. The average Bonchev–Trinajstić information content (AvgIpc) is 2.55. The Labute approximate surface area is 97.2 Å². The molecule has 0 spiro atoms. The van der Waals surface area contributed by atoms with Crippen LogP contribution in [0.15, 0.2) is 12.2 Å². The molecule has 0 aromatic rings. The highest BCUT2D eigenvalue weighted by atomic mass is 16.3. The normalized spacial score (nSPS) is 27.8. The summed E-state index contributed by atoms with van der Waals surface area (Å²) >= 11 is 0. The summed E-state index contributed by atoms with van der Waals surface area (Å²) in [6.07, 6.45) is 7.28. The second-order valence-corrected chi connectivity index (χ2v) is 4.63. The van der Waals surface area contributed by atoms with E-state index in [9.17, 15) is 15.0 Å². The van der Waals surface area contributed by atoms with Crippen molar-refractivity contribution in [3.05, 3.63) is 12.2 Å². The molecule has 0 heterocycles. The summed E-state index contributed by atoms with van der Waals surface area (Å²) in [5, 5.41) is 19.2. The lowest BCUT2D eigenvalue weighted by atomic mass is 10.0. The minimum absolute atomic E-state index is 0.0895. The SMILES string of the molecule is CCCCC[C@H](O)/C=C/[C@@H]1CC(=O)C[C@H]1O. The van der Waals surface area contributed by atoms with Crippen molar-refractivity contribution in [1.82, 2.24) is 0 Å². The second kappa shape index (κ2) is 6.81. The van der Waals surface area contributed by atoms with Crippen molar-refractivity contribution in [3.63, 3.8) is 0 Å². The summed E-state index contributed by atoms with van der Waals surface area (Å²) in [5.41, 5.74) is 0. The highest BCUT2D eigenvalue weighted by Gasteiger charge is 2.29. The number of unbranched alkanes of at least 4 members (excludes halogenated alkanes) is 2. The predicted molar refractivity (Wildman–Crippen MR) is 63.0 cm³/mol. The Morgan fingerprint density at radius 2 is 2.19 bits per heavy atom. The van der Waals surface area contributed by atoms with Crippen molar-refractivity contribution >= 4 is 5.78 Å². The van der Waals surface area contributed by atoms with Crippen LogP contribution in [0.2, 0.25) is 0 Å². The maximum Gasteiger partial charge on any atom is 0.136 e. The molecule has 0 saturated heterocycles. The van der Waals surface area contributed by atoms with Crippen LogP contribution in [0.3, 0.4) is 0 Å². The molecular weight excluding hydrogens is 204 g/mol. The van der Waals surface area contributed by atoms with E-state index < -0.39 is 12.2 Å². The van der Waals surface area contributed by atoms with Gasteiger partial charge in [0.15, 0.2) is 0 Å². The van der Waals surface area contributed by atoms with Crippen LogP contribution < -0.4 is 0 Å². The summed E-state index contributed by atoms with van der Waals surface area (Å²) in [5.74, 6) is 0.0240. The lowest BCUT2D eigenvalue weighted by Gasteiger charge is -2.09. The van der Waals surface area contributed by atoms with Crippen LogP contribution in [0.4, 0.5) is 0 Å². The number of hydrogen-bond acceptors (Lipinski definition) is 3. The zero-order chi connectivity index (χ0) is 12.0. The molecule has 0 aliphatic heterocycles. The van der Waals surface area contributed by atoms with Crippen LogP contribution in [0.25, 0.3) is 0 Å². The van der Waals surface area contributed by atoms with Crippen LogP contribution in [-0.2, 0) is 4.79 Å². The van der Waals surface area contributed by atoms with E-state index in [1.54, 1.807) is 12.2 Å². The lowest BCUT2D eigenvalue weighted by Crippen LogP contribution is -2.11. The molecule has 16 heavy (non-hydrogen) atoms. The minimum atomic E-state index is -0.549. The fourth-order valence-corrected chi connectivity index (χ4v) is 2.03. The van der Waals surface area contributed by atoms with E-state index in [1.807, 2.05) is 0 Å². The molecule has 92 valence electrons. The molecule has 1 saturated carbocycles. The largest absolute Gasteiger partial charge is 0.392 e. The highest BCUT2D eigenvalue weighted by molar-refractivity contribution is 5.81. The molecule has 0 aromatic heterocycles. The second-order valence-electron chi connectivity index (χ2n) is 4.63. The highest BCUT2D eigenvalue weighted by Crippen LogP contribution is 2.24. The Morgan fingerprint density at radius 3 is 2.75 bits per heavy atom. The van der Waals surface area contributed by atoms with Gasteiger partial charge in [-0.1, -0.05) is 38.3 Å². The first kappa shape index (κ1) is 13.4. The number of aliphatic hydroxyl groups is 2. The fourth-order valence-electron chi connectivity index (χ4n) is 2.03. The van der Waals surface area contributed by atoms with E-state index in [0.717, 1.165) is 25.7 Å². The summed E-state index contributed by atoms with van der Waals surface area (Å²) in [6, 6.07) is 0. The maximum absolute atomic E-state index is 11.1. The third-order valence-corrected chi connectivity index (χ3v) is 3.08. The van der Waals surface area contributed by atoms with Gasteiger partial charge in [-0.05, 0) is 6.42 Å². The number of rotatable bonds is 6. The van der Waals surface area contributed by atoms with E-state index in [0.29, 0.717) is 6.42 Å². The van der Waals surface area contributed by atoms with E-state index in [1.165, 1.54) is 0 Å². The van der Waals surface area contributed by atoms with Gasteiger partial charge in [0.2, 0.25) is 0 Å². The topological polar surface area (TPSA) is 57.5 Å². The molecule has 1 rings (SSSR count). The molecule has 1 fully saturated rings. The van der Waals surface area contributed by atoms with Crippen LogP contribution in [0.5, 0.6) is 0 Å². The van der Waals surface area contributed by atoms with Gasteiger partial charge < -0.3 is 10.2 Å². The summed E-state index contributed by atoms with van der Waals surface area (Å²) in [4.78, 5) is 11.1. The Hall–Kier alpha value is -0.670. The van der Waals surface area contributed by atoms with Gasteiger partial charge in [-0.2, -0.15) is 0 Å². The number of aliphatic hydroxyl groups excluding tert-OH is 2. The number of carbonyl (C=O) groups is 1. The van der Waals surface area contributed by atoms with Crippen LogP contribution >= 0.6 is 0 Å². The van der Waals surface area contributed by atoms with E-state index in [-0.39, 0.29) is 18.1 Å². The molecule has 3 atom stereocenters. The molecule has 1 aliphatic carbocycles. The standard InChI is InChI=1S/C13H22O3/c1-2-3-4-5-11(14)7-6-10-8-12(15)9-13(10)16/h6-7,10-11,13-14,16H,2-5,8-9H2,1H3/b7-6+/t10-,11+,13-/m1/s1. The zero-order valence-electron chi connectivity index (χ0n) is 9.93. The minimum Gasteiger partial charge on any atom is -0.392 e. The van der Waals surface area contributed by atoms with Crippen molar-refractivity contribution < 1.29 is 15.0 Å². The molecule has 1 aliphatic rings. The Morgan fingerprint density at radius 1 is 1.44 bits per heavy atom.